The highest BCUT2D eigenvalue weighted by Gasteiger charge is 2.09. The van der Waals surface area contributed by atoms with Gasteiger partial charge in [-0.25, -0.2) is 9.48 Å². The first kappa shape index (κ1) is 11.9. The van der Waals surface area contributed by atoms with Crippen molar-refractivity contribution in [3.05, 3.63) is 47.8 Å². The molecule has 0 aliphatic rings. The molecular weight excluding hydrogens is 228 g/mol. The molecule has 0 aliphatic carbocycles. The van der Waals surface area contributed by atoms with Crippen LogP contribution in [0.4, 0.5) is 0 Å². The number of carbonyl (C=O) groups is 1. The number of aromatic nitrogens is 2. The van der Waals surface area contributed by atoms with Gasteiger partial charge in [0.1, 0.15) is 0 Å². The molecule has 1 heterocycles. The molecular formula is C14H12N2O2. The van der Waals surface area contributed by atoms with Crippen LogP contribution in [-0.4, -0.2) is 22.9 Å². The molecule has 18 heavy (non-hydrogen) atoms. The SMILES string of the molecule is CC#Cc1cc(C(=O)OC)ccc1-n1cccn1. The van der Waals surface area contributed by atoms with Crippen LogP contribution in [0.25, 0.3) is 5.69 Å². The van der Waals surface area contributed by atoms with E-state index in [9.17, 15) is 4.79 Å². The average Bonchev–Trinajstić information content (AvgIpc) is 2.92. The molecule has 0 spiro atoms. The summed E-state index contributed by atoms with van der Waals surface area (Å²) < 4.78 is 6.40. The topological polar surface area (TPSA) is 44.1 Å². The molecule has 0 amide bonds. The summed E-state index contributed by atoms with van der Waals surface area (Å²) in [6, 6.07) is 7.04. The van der Waals surface area contributed by atoms with Gasteiger partial charge >= 0.3 is 5.97 Å². The van der Waals surface area contributed by atoms with E-state index < -0.39 is 0 Å². The van der Waals surface area contributed by atoms with E-state index in [2.05, 4.69) is 16.9 Å². The Morgan fingerprint density at radius 3 is 2.89 bits per heavy atom. The lowest BCUT2D eigenvalue weighted by Crippen LogP contribution is -2.04. The molecule has 90 valence electrons. The van der Waals surface area contributed by atoms with Gasteiger partial charge in [0, 0.05) is 12.4 Å². The molecule has 2 aromatic rings. The minimum absolute atomic E-state index is 0.374. The summed E-state index contributed by atoms with van der Waals surface area (Å²) in [5.74, 6) is 5.42. The van der Waals surface area contributed by atoms with Gasteiger partial charge in [-0.3, -0.25) is 0 Å². The molecule has 0 fully saturated rings. The maximum atomic E-state index is 11.5. The second kappa shape index (κ2) is 5.19. The van der Waals surface area contributed by atoms with Gasteiger partial charge in [-0.05, 0) is 31.2 Å². The van der Waals surface area contributed by atoms with Crippen LogP contribution in [0.15, 0.2) is 36.7 Å². The highest BCUT2D eigenvalue weighted by Crippen LogP contribution is 2.16. The summed E-state index contributed by atoms with van der Waals surface area (Å²) in [4.78, 5) is 11.5. The van der Waals surface area contributed by atoms with Crippen LogP contribution in [-0.2, 0) is 4.74 Å². The van der Waals surface area contributed by atoms with Gasteiger partial charge < -0.3 is 4.74 Å². The fraction of sp³-hybridized carbons (Fsp3) is 0.143. The fourth-order valence-electron chi connectivity index (χ4n) is 1.63. The standard InChI is InChI=1S/C14H12N2O2/c1-3-5-11-10-12(14(17)18-2)6-7-13(11)16-9-4-8-15-16/h4,6-10H,1-2H3. The van der Waals surface area contributed by atoms with Crippen molar-refractivity contribution in [2.75, 3.05) is 7.11 Å². The first-order valence-corrected chi connectivity index (χ1v) is 5.41. The third-order valence-electron chi connectivity index (χ3n) is 2.43. The Labute approximate surface area is 105 Å². The zero-order valence-electron chi connectivity index (χ0n) is 10.2. The van der Waals surface area contributed by atoms with Crippen molar-refractivity contribution in [3.63, 3.8) is 0 Å². The Morgan fingerprint density at radius 2 is 2.28 bits per heavy atom. The Hall–Kier alpha value is -2.54. The van der Waals surface area contributed by atoms with Crippen molar-refractivity contribution in [1.82, 2.24) is 9.78 Å². The molecule has 0 saturated heterocycles. The Balaban J connectivity index is 2.54. The van der Waals surface area contributed by atoms with E-state index in [4.69, 9.17) is 4.74 Å². The van der Waals surface area contributed by atoms with Gasteiger partial charge in [0.05, 0.1) is 23.9 Å². The van der Waals surface area contributed by atoms with Crippen LogP contribution in [0.5, 0.6) is 0 Å². The third-order valence-corrected chi connectivity index (χ3v) is 2.43. The van der Waals surface area contributed by atoms with Crippen molar-refractivity contribution in [2.24, 2.45) is 0 Å². The van der Waals surface area contributed by atoms with E-state index in [-0.39, 0.29) is 5.97 Å². The number of benzene rings is 1. The summed E-state index contributed by atoms with van der Waals surface area (Å²) in [6.45, 7) is 1.75. The van der Waals surface area contributed by atoms with Crippen LogP contribution < -0.4 is 0 Å². The van der Waals surface area contributed by atoms with Crippen LogP contribution in [0.1, 0.15) is 22.8 Å². The zero-order chi connectivity index (χ0) is 13.0. The van der Waals surface area contributed by atoms with E-state index in [1.54, 1.807) is 36.0 Å². The maximum Gasteiger partial charge on any atom is 0.337 e. The predicted molar refractivity (Wildman–Crippen MR) is 67.5 cm³/mol. The molecule has 2 rings (SSSR count). The van der Waals surface area contributed by atoms with E-state index in [1.807, 2.05) is 12.3 Å². The minimum atomic E-state index is -0.374. The summed E-state index contributed by atoms with van der Waals surface area (Å²) in [6.07, 6.45) is 3.52. The molecule has 0 N–H and O–H groups in total. The van der Waals surface area contributed by atoms with Crippen molar-refractivity contribution >= 4 is 5.97 Å². The highest BCUT2D eigenvalue weighted by atomic mass is 16.5. The first-order valence-electron chi connectivity index (χ1n) is 5.41. The number of esters is 1. The van der Waals surface area contributed by atoms with Gasteiger partial charge in [0.25, 0.3) is 0 Å². The monoisotopic (exact) mass is 240 g/mol. The van der Waals surface area contributed by atoms with Crippen molar-refractivity contribution in [2.45, 2.75) is 6.92 Å². The summed E-state index contributed by atoms with van der Waals surface area (Å²) in [7, 11) is 1.36. The van der Waals surface area contributed by atoms with Gasteiger partial charge in [-0.15, -0.1) is 5.92 Å². The van der Waals surface area contributed by atoms with Gasteiger partial charge in [0.15, 0.2) is 0 Å². The molecule has 1 aromatic carbocycles. The number of hydrogen-bond acceptors (Lipinski definition) is 3. The molecule has 0 aliphatic heterocycles. The van der Waals surface area contributed by atoms with Gasteiger partial charge in [0.2, 0.25) is 0 Å². The summed E-state index contributed by atoms with van der Waals surface area (Å²) in [5.41, 5.74) is 2.05. The average molecular weight is 240 g/mol. The van der Waals surface area contributed by atoms with Crippen molar-refractivity contribution < 1.29 is 9.53 Å². The largest absolute Gasteiger partial charge is 0.465 e. The molecule has 0 bridgehead atoms. The van der Waals surface area contributed by atoms with Crippen molar-refractivity contribution in [1.29, 1.82) is 0 Å². The predicted octanol–water partition coefficient (Wildman–Crippen LogP) is 2.03. The number of ether oxygens (including phenoxy) is 1. The number of methoxy groups -OCH3 is 1. The number of rotatable bonds is 2. The second-order valence-electron chi connectivity index (χ2n) is 3.55. The smallest absolute Gasteiger partial charge is 0.337 e. The van der Waals surface area contributed by atoms with Crippen molar-refractivity contribution in [3.8, 4) is 17.5 Å². The molecule has 0 unspecified atom stereocenters. The Kier molecular flexibility index (Phi) is 3.44. The van der Waals surface area contributed by atoms with E-state index >= 15 is 0 Å². The fourth-order valence-corrected chi connectivity index (χ4v) is 1.63. The minimum Gasteiger partial charge on any atom is -0.465 e. The molecule has 0 atom stereocenters. The normalized spacial score (nSPS) is 9.44. The van der Waals surface area contributed by atoms with Crippen LogP contribution in [0.3, 0.4) is 0 Å². The number of carbonyl (C=O) groups excluding carboxylic acids is 1. The summed E-state index contributed by atoms with van der Waals surface area (Å²) in [5, 5.41) is 4.16. The van der Waals surface area contributed by atoms with Crippen LogP contribution in [0.2, 0.25) is 0 Å². The quantitative estimate of drug-likeness (QED) is 0.596. The van der Waals surface area contributed by atoms with Crippen LogP contribution >= 0.6 is 0 Å². The van der Waals surface area contributed by atoms with Gasteiger partial charge in [-0.2, -0.15) is 5.10 Å². The van der Waals surface area contributed by atoms with E-state index in [1.165, 1.54) is 7.11 Å². The molecule has 1 aromatic heterocycles. The third kappa shape index (κ3) is 2.25. The highest BCUT2D eigenvalue weighted by molar-refractivity contribution is 5.90. The van der Waals surface area contributed by atoms with E-state index in [0.717, 1.165) is 11.3 Å². The number of hydrogen-bond donors (Lipinski definition) is 0. The van der Waals surface area contributed by atoms with E-state index in [0.29, 0.717) is 5.56 Å². The van der Waals surface area contributed by atoms with Gasteiger partial charge in [-0.1, -0.05) is 5.92 Å². The maximum absolute atomic E-state index is 11.5. The molecule has 0 saturated carbocycles. The lowest BCUT2D eigenvalue weighted by Gasteiger charge is -2.06. The lowest BCUT2D eigenvalue weighted by molar-refractivity contribution is 0.0600. The Bertz CT molecular complexity index is 619. The zero-order valence-corrected chi connectivity index (χ0v) is 10.2. The lowest BCUT2D eigenvalue weighted by atomic mass is 10.1. The molecule has 4 heteroatoms. The Morgan fingerprint density at radius 1 is 1.44 bits per heavy atom. The molecule has 4 nitrogen and oxygen atoms in total. The first-order chi connectivity index (χ1) is 8.76. The molecule has 0 radical (unpaired) electrons. The van der Waals surface area contributed by atoms with Crippen LogP contribution in [0, 0.1) is 11.8 Å². The second-order valence-corrected chi connectivity index (χ2v) is 3.55. The summed E-state index contributed by atoms with van der Waals surface area (Å²) >= 11 is 0. The number of nitrogens with zero attached hydrogens (tertiary/aromatic N) is 2.